The summed E-state index contributed by atoms with van der Waals surface area (Å²) in [4.78, 5) is 16.9. The van der Waals surface area contributed by atoms with Crippen LogP contribution in [0.4, 0.5) is 11.6 Å². The number of hydrogen-bond donors (Lipinski definition) is 0. The number of benzene rings is 1. The number of pyridine rings is 1. The maximum Gasteiger partial charge on any atom is 0.229 e. The molecule has 1 saturated carbocycles. The molecule has 142 valence electrons. The molecule has 1 aliphatic heterocycles. The van der Waals surface area contributed by atoms with E-state index in [0.29, 0.717) is 11.7 Å². The molecule has 6 heteroatoms. The van der Waals surface area contributed by atoms with E-state index in [4.69, 9.17) is 0 Å². The molecular weight excluding hydrogens is 368 g/mol. The van der Waals surface area contributed by atoms with Gasteiger partial charge in [0, 0.05) is 51.9 Å². The summed E-state index contributed by atoms with van der Waals surface area (Å²) >= 11 is 0. The van der Waals surface area contributed by atoms with Gasteiger partial charge in [-0.2, -0.15) is 0 Å². The third kappa shape index (κ3) is 2.83. The number of fused-ring (bicyclic) bond motifs is 2. The highest BCUT2D eigenvalue weighted by Crippen LogP contribution is 2.57. The molecule has 1 aromatic carbocycles. The zero-order valence-electron chi connectivity index (χ0n) is 16.1. The van der Waals surface area contributed by atoms with Crippen molar-refractivity contribution in [3.63, 3.8) is 0 Å². The van der Waals surface area contributed by atoms with Gasteiger partial charge in [-0.1, -0.05) is 19.1 Å². The number of nitrogens with zero attached hydrogens (tertiary/aromatic N) is 4. The average Bonchev–Trinajstić information content (AvgIpc) is 3.44. The lowest BCUT2D eigenvalue weighted by molar-refractivity contribution is 0.684. The third-order valence-electron chi connectivity index (χ3n) is 5.73. The molecular formula is C22H22N4OS. The van der Waals surface area contributed by atoms with Crippen LogP contribution in [0.2, 0.25) is 0 Å². The van der Waals surface area contributed by atoms with Crippen LogP contribution in [0.1, 0.15) is 31.0 Å². The Morgan fingerprint density at radius 2 is 1.93 bits per heavy atom. The van der Waals surface area contributed by atoms with Gasteiger partial charge in [-0.25, -0.2) is 9.97 Å². The summed E-state index contributed by atoms with van der Waals surface area (Å²) < 4.78 is 12.3. The largest absolute Gasteiger partial charge is 0.309 e. The van der Waals surface area contributed by atoms with E-state index in [0.717, 1.165) is 34.1 Å². The van der Waals surface area contributed by atoms with Gasteiger partial charge in [0.25, 0.3) is 0 Å². The Hall–Kier alpha value is -2.60. The van der Waals surface area contributed by atoms with Crippen molar-refractivity contribution in [1.82, 2.24) is 15.0 Å². The fourth-order valence-electron chi connectivity index (χ4n) is 4.02. The van der Waals surface area contributed by atoms with Crippen LogP contribution in [-0.4, -0.2) is 31.5 Å². The SMILES string of the molecule is CCS(=O)c1ccc2c(c1)N(c1ncc(-c3cccc(C)n3)cn1)CC21CC1. The summed E-state index contributed by atoms with van der Waals surface area (Å²) in [5.41, 5.74) is 5.45. The normalized spacial score (nSPS) is 17.6. The van der Waals surface area contributed by atoms with Crippen molar-refractivity contribution in [1.29, 1.82) is 0 Å². The van der Waals surface area contributed by atoms with Crippen molar-refractivity contribution in [2.24, 2.45) is 0 Å². The predicted octanol–water partition coefficient (Wildman–Crippen LogP) is 4.16. The lowest BCUT2D eigenvalue weighted by atomic mass is 9.99. The molecule has 2 aliphatic rings. The van der Waals surface area contributed by atoms with Crippen molar-refractivity contribution < 1.29 is 4.21 Å². The minimum absolute atomic E-state index is 0.224. The fraction of sp³-hybridized carbons (Fsp3) is 0.318. The van der Waals surface area contributed by atoms with E-state index in [1.54, 1.807) is 0 Å². The Balaban J connectivity index is 1.52. The number of anilines is 2. The second-order valence-electron chi connectivity index (χ2n) is 7.62. The molecule has 1 spiro atoms. The van der Waals surface area contributed by atoms with Gasteiger partial charge in [-0.15, -0.1) is 0 Å². The van der Waals surface area contributed by atoms with Crippen molar-refractivity contribution in [2.45, 2.75) is 37.0 Å². The molecule has 3 heterocycles. The molecule has 0 amide bonds. The molecule has 5 rings (SSSR count). The number of aromatic nitrogens is 3. The lowest BCUT2D eigenvalue weighted by Gasteiger charge is -2.18. The summed E-state index contributed by atoms with van der Waals surface area (Å²) in [5.74, 6) is 1.32. The topological polar surface area (TPSA) is 59.0 Å². The van der Waals surface area contributed by atoms with E-state index in [1.807, 2.05) is 50.5 Å². The van der Waals surface area contributed by atoms with Crippen LogP contribution < -0.4 is 4.90 Å². The Morgan fingerprint density at radius 1 is 1.14 bits per heavy atom. The molecule has 1 unspecified atom stereocenters. The van der Waals surface area contributed by atoms with E-state index >= 15 is 0 Å². The van der Waals surface area contributed by atoms with E-state index < -0.39 is 10.8 Å². The Morgan fingerprint density at radius 3 is 2.61 bits per heavy atom. The number of aryl methyl sites for hydroxylation is 1. The summed E-state index contributed by atoms with van der Waals surface area (Å²) in [5, 5.41) is 0. The first kappa shape index (κ1) is 17.5. The molecule has 5 nitrogen and oxygen atoms in total. The molecule has 0 bridgehead atoms. The summed E-state index contributed by atoms with van der Waals surface area (Å²) in [6.45, 7) is 4.82. The zero-order valence-corrected chi connectivity index (χ0v) is 16.9. The second kappa shape index (κ2) is 6.48. The first-order chi connectivity index (χ1) is 13.6. The summed E-state index contributed by atoms with van der Waals surface area (Å²) in [6, 6.07) is 12.2. The summed E-state index contributed by atoms with van der Waals surface area (Å²) in [6.07, 6.45) is 6.07. The average molecular weight is 391 g/mol. The standard InChI is InChI=1S/C22H22N4OS/c1-3-28(27)17-7-8-18-20(11-17)26(14-22(18)9-10-22)21-23-12-16(13-24-21)19-6-4-5-15(2)25-19/h4-8,11-13H,3,9-10,14H2,1-2H3. The molecule has 0 radical (unpaired) electrons. The van der Waals surface area contributed by atoms with Crippen LogP contribution in [-0.2, 0) is 16.2 Å². The lowest BCUT2D eigenvalue weighted by Crippen LogP contribution is -2.21. The highest BCUT2D eigenvalue weighted by atomic mass is 32.2. The van der Waals surface area contributed by atoms with Crippen LogP contribution in [0.3, 0.4) is 0 Å². The van der Waals surface area contributed by atoms with Crippen LogP contribution in [0, 0.1) is 6.92 Å². The maximum absolute atomic E-state index is 12.3. The van der Waals surface area contributed by atoms with E-state index in [1.165, 1.54) is 18.4 Å². The molecule has 1 fully saturated rings. The van der Waals surface area contributed by atoms with Gasteiger partial charge in [0.05, 0.1) is 16.5 Å². The van der Waals surface area contributed by atoms with Crippen molar-refractivity contribution in [3.8, 4) is 11.3 Å². The minimum atomic E-state index is -0.965. The monoisotopic (exact) mass is 390 g/mol. The van der Waals surface area contributed by atoms with Crippen molar-refractivity contribution >= 4 is 22.4 Å². The fourth-order valence-corrected chi connectivity index (χ4v) is 4.81. The smallest absolute Gasteiger partial charge is 0.229 e. The maximum atomic E-state index is 12.3. The van der Waals surface area contributed by atoms with Crippen molar-refractivity contribution in [2.75, 3.05) is 17.2 Å². The van der Waals surface area contributed by atoms with Crippen LogP contribution in [0.25, 0.3) is 11.3 Å². The van der Waals surface area contributed by atoms with Gasteiger partial charge in [-0.3, -0.25) is 9.19 Å². The second-order valence-corrected chi connectivity index (χ2v) is 9.36. The van der Waals surface area contributed by atoms with Gasteiger partial charge in [0.1, 0.15) is 0 Å². The van der Waals surface area contributed by atoms with E-state index in [-0.39, 0.29) is 5.41 Å². The Bertz CT molecular complexity index is 1080. The highest BCUT2D eigenvalue weighted by Gasteiger charge is 2.52. The molecule has 2 aromatic heterocycles. The molecule has 28 heavy (non-hydrogen) atoms. The van der Waals surface area contributed by atoms with Crippen molar-refractivity contribution in [3.05, 3.63) is 60.0 Å². The van der Waals surface area contributed by atoms with Gasteiger partial charge in [0.15, 0.2) is 0 Å². The number of hydrogen-bond acceptors (Lipinski definition) is 5. The van der Waals surface area contributed by atoms with E-state index in [9.17, 15) is 4.21 Å². The van der Waals surface area contributed by atoms with Gasteiger partial charge >= 0.3 is 0 Å². The quantitative estimate of drug-likeness (QED) is 0.669. The molecule has 1 atom stereocenters. The zero-order chi connectivity index (χ0) is 19.3. The molecule has 1 aliphatic carbocycles. The van der Waals surface area contributed by atoms with Crippen LogP contribution in [0.15, 0.2) is 53.7 Å². The third-order valence-corrected chi connectivity index (χ3v) is 7.04. The minimum Gasteiger partial charge on any atom is -0.309 e. The summed E-state index contributed by atoms with van der Waals surface area (Å²) in [7, 11) is -0.965. The Kier molecular flexibility index (Phi) is 4.05. The van der Waals surface area contributed by atoms with Gasteiger partial charge in [0.2, 0.25) is 5.95 Å². The Labute approximate surface area is 167 Å². The molecule has 3 aromatic rings. The predicted molar refractivity (Wildman–Crippen MR) is 111 cm³/mol. The first-order valence-corrected chi connectivity index (χ1v) is 11.0. The van der Waals surface area contributed by atoms with Gasteiger partial charge in [-0.05, 0) is 49.6 Å². The van der Waals surface area contributed by atoms with Gasteiger partial charge < -0.3 is 4.90 Å². The van der Waals surface area contributed by atoms with E-state index in [2.05, 4.69) is 32.0 Å². The van der Waals surface area contributed by atoms with Crippen LogP contribution in [0.5, 0.6) is 0 Å². The first-order valence-electron chi connectivity index (χ1n) is 9.66. The highest BCUT2D eigenvalue weighted by molar-refractivity contribution is 7.85. The van der Waals surface area contributed by atoms with Crippen LogP contribution >= 0.6 is 0 Å². The molecule has 0 saturated heterocycles. The molecule has 0 N–H and O–H groups in total. The number of rotatable bonds is 4.